The van der Waals surface area contributed by atoms with Crippen molar-refractivity contribution in [3.05, 3.63) is 154 Å². The van der Waals surface area contributed by atoms with Gasteiger partial charge in [-0.05, 0) is 45.5 Å². The van der Waals surface area contributed by atoms with Crippen LogP contribution in [0.25, 0.3) is 36.5 Å². The van der Waals surface area contributed by atoms with E-state index >= 15 is 0 Å². The standard InChI is InChI=1S/C42H32O8/c43-37-35(27-33-19-15-31(16-20-33)13-11-29-7-3-1-4-8-29)38(44)48-41(47-37)23-25-42(26-24-41)49-39(45)36(40(46)50-42)28-34-21-17-32(18-22-34)14-12-30-9-5-2-6-10-30/h1-22,27-28H,23-26H2/b13-11+,14-12+,35-27?,36-28?. The van der Waals surface area contributed by atoms with Crippen LogP contribution in [0.2, 0.25) is 0 Å². The van der Waals surface area contributed by atoms with Gasteiger partial charge in [-0.1, -0.05) is 133 Å². The molecule has 0 amide bonds. The maximum Gasteiger partial charge on any atom is 0.348 e. The Morgan fingerprint density at radius 3 is 0.920 bits per heavy atom. The second-order valence-electron chi connectivity index (χ2n) is 12.3. The summed E-state index contributed by atoms with van der Waals surface area (Å²) in [6, 6.07) is 34.5. The summed E-state index contributed by atoms with van der Waals surface area (Å²) in [5.74, 6) is -6.34. The molecule has 2 spiro atoms. The monoisotopic (exact) mass is 664 g/mol. The molecule has 7 rings (SSSR count). The highest BCUT2D eigenvalue weighted by atomic mass is 16.8. The Kier molecular flexibility index (Phi) is 8.83. The van der Waals surface area contributed by atoms with Crippen molar-refractivity contribution in [2.24, 2.45) is 0 Å². The average Bonchev–Trinajstić information content (AvgIpc) is 3.13. The van der Waals surface area contributed by atoms with Crippen molar-refractivity contribution in [1.82, 2.24) is 0 Å². The van der Waals surface area contributed by atoms with Crippen LogP contribution < -0.4 is 0 Å². The first-order chi connectivity index (χ1) is 24.3. The summed E-state index contributed by atoms with van der Waals surface area (Å²) in [7, 11) is 0. The van der Waals surface area contributed by atoms with E-state index in [1.165, 1.54) is 12.2 Å². The van der Waals surface area contributed by atoms with Gasteiger partial charge in [-0.3, -0.25) is 0 Å². The number of carbonyl (C=O) groups is 4. The van der Waals surface area contributed by atoms with E-state index in [1.54, 1.807) is 24.3 Å². The van der Waals surface area contributed by atoms with Gasteiger partial charge in [0, 0.05) is 25.7 Å². The number of hydrogen-bond donors (Lipinski definition) is 0. The van der Waals surface area contributed by atoms with Crippen LogP contribution in [0.5, 0.6) is 0 Å². The SMILES string of the molecule is O=C1OC2(CCC3(CC2)OC(=O)C(=Cc2ccc(/C=C/c4ccccc4)cc2)C(=O)O3)OC(=O)C1=Cc1ccc(/C=C/c2ccccc2)cc1. The van der Waals surface area contributed by atoms with Crippen molar-refractivity contribution in [1.29, 1.82) is 0 Å². The second-order valence-corrected chi connectivity index (χ2v) is 12.3. The molecule has 0 bridgehead atoms. The van der Waals surface area contributed by atoms with Gasteiger partial charge in [-0.15, -0.1) is 0 Å². The largest absolute Gasteiger partial charge is 0.419 e. The number of carbonyl (C=O) groups excluding carboxylic acids is 4. The molecule has 8 heteroatoms. The quantitative estimate of drug-likeness (QED) is 0.0896. The predicted molar refractivity (Wildman–Crippen MR) is 188 cm³/mol. The molecule has 1 saturated carbocycles. The van der Waals surface area contributed by atoms with Gasteiger partial charge in [0.2, 0.25) is 0 Å². The van der Waals surface area contributed by atoms with Gasteiger partial charge in [-0.2, -0.15) is 0 Å². The highest BCUT2D eigenvalue weighted by Gasteiger charge is 2.56. The predicted octanol–water partition coefficient (Wildman–Crippen LogP) is 7.66. The fraction of sp³-hybridized carbons (Fsp3) is 0.143. The minimum atomic E-state index is -1.55. The number of hydrogen-bond acceptors (Lipinski definition) is 8. The lowest BCUT2D eigenvalue weighted by Gasteiger charge is -2.46. The Bertz CT molecular complexity index is 1850. The molecule has 2 aliphatic heterocycles. The molecule has 50 heavy (non-hydrogen) atoms. The van der Waals surface area contributed by atoms with Crippen LogP contribution in [-0.2, 0) is 38.1 Å². The number of ether oxygens (including phenoxy) is 4. The number of esters is 4. The van der Waals surface area contributed by atoms with Crippen LogP contribution in [-0.4, -0.2) is 35.5 Å². The fourth-order valence-electron chi connectivity index (χ4n) is 6.01. The summed E-state index contributed by atoms with van der Waals surface area (Å²) >= 11 is 0. The van der Waals surface area contributed by atoms with E-state index in [0.29, 0.717) is 11.1 Å². The van der Waals surface area contributed by atoms with Gasteiger partial charge in [0.15, 0.2) is 0 Å². The number of benzene rings is 4. The van der Waals surface area contributed by atoms with Crippen molar-refractivity contribution in [3.8, 4) is 0 Å². The van der Waals surface area contributed by atoms with Crippen LogP contribution in [0.15, 0.2) is 120 Å². The molecule has 0 N–H and O–H groups in total. The Hall–Kier alpha value is -6.28. The third-order valence-electron chi connectivity index (χ3n) is 8.80. The molecular weight excluding hydrogens is 632 g/mol. The summed E-state index contributed by atoms with van der Waals surface area (Å²) in [6.07, 6.45) is 10.7. The molecule has 3 fully saturated rings. The van der Waals surface area contributed by atoms with Gasteiger partial charge in [-0.25, -0.2) is 19.2 Å². The maximum absolute atomic E-state index is 13.0. The van der Waals surface area contributed by atoms with Crippen molar-refractivity contribution in [3.63, 3.8) is 0 Å². The normalized spacial score (nSPS) is 22.0. The molecule has 0 aromatic heterocycles. The van der Waals surface area contributed by atoms with Crippen molar-refractivity contribution >= 4 is 60.3 Å². The minimum Gasteiger partial charge on any atom is -0.419 e. The fourth-order valence-corrected chi connectivity index (χ4v) is 6.01. The van der Waals surface area contributed by atoms with Crippen molar-refractivity contribution in [2.75, 3.05) is 0 Å². The first-order valence-electron chi connectivity index (χ1n) is 16.3. The molecule has 2 heterocycles. The summed E-state index contributed by atoms with van der Waals surface area (Å²) < 4.78 is 22.7. The Morgan fingerprint density at radius 2 is 0.620 bits per heavy atom. The minimum absolute atomic E-state index is 0.0161. The zero-order valence-corrected chi connectivity index (χ0v) is 27.0. The van der Waals surface area contributed by atoms with E-state index in [0.717, 1.165) is 22.3 Å². The zero-order valence-electron chi connectivity index (χ0n) is 27.0. The van der Waals surface area contributed by atoms with Gasteiger partial charge >= 0.3 is 23.9 Å². The molecule has 1 aliphatic carbocycles. The van der Waals surface area contributed by atoms with E-state index in [1.807, 2.05) is 109 Å². The molecule has 248 valence electrons. The number of rotatable bonds is 6. The Balaban J connectivity index is 0.955. The molecule has 8 nitrogen and oxygen atoms in total. The summed E-state index contributed by atoms with van der Waals surface area (Å²) in [6.45, 7) is 0. The Labute approximate surface area is 288 Å². The van der Waals surface area contributed by atoms with Gasteiger partial charge < -0.3 is 18.9 Å². The first-order valence-corrected chi connectivity index (χ1v) is 16.3. The maximum atomic E-state index is 13.0. The molecule has 3 aliphatic rings. The lowest BCUT2D eigenvalue weighted by atomic mass is 9.87. The molecule has 4 aromatic rings. The lowest BCUT2D eigenvalue weighted by Crippen LogP contribution is -2.56. The van der Waals surface area contributed by atoms with E-state index in [-0.39, 0.29) is 36.8 Å². The highest BCUT2D eigenvalue weighted by molar-refractivity contribution is 6.19. The molecule has 2 saturated heterocycles. The summed E-state index contributed by atoms with van der Waals surface area (Å²) in [4.78, 5) is 52.1. The third-order valence-corrected chi connectivity index (χ3v) is 8.80. The van der Waals surface area contributed by atoms with E-state index < -0.39 is 35.5 Å². The van der Waals surface area contributed by atoms with Crippen LogP contribution in [0.3, 0.4) is 0 Å². The summed E-state index contributed by atoms with van der Waals surface area (Å²) in [5, 5.41) is 0. The van der Waals surface area contributed by atoms with Crippen LogP contribution in [0, 0.1) is 0 Å². The highest BCUT2D eigenvalue weighted by Crippen LogP contribution is 2.45. The smallest absolute Gasteiger partial charge is 0.348 e. The van der Waals surface area contributed by atoms with Crippen molar-refractivity contribution in [2.45, 2.75) is 37.3 Å². The third kappa shape index (κ3) is 7.24. The second kappa shape index (κ2) is 13.7. The first kappa shape index (κ1) is 32.3. The Morgan fingerprint density at radius 1 is 0.360 bits per heavy atom. The van der Waals surface area contributed by atoms with Gasteiger partial charge in [0.25, 0.3) is 11.6 Å². The topological polar surface area (TPSA) is 105 Å². The van der Waals surface area contributed by atoms with E-state index in [4.69, 9.17) is 18.9 Å². The van der Waals surface area contributed by atoms with Crippen LogP contribution in [0.1, 0.15) is 59.1 Å². The molecule has 0 atom stereocenters. The van der Waals surface area contributed by atoms with Gasteiger partial charge in [0.05, 0.1) is 0 Å². The van der Waals surface area contributed by atoms with Gasteiger partial charge in [0.1, 0.15) is 11.1 Å². The molecule has 4 aromatic carbocycles. The molecule has 0 unspecified atom stereocenters. The van der Waals surface area contributed by atoms with Crippen LogP contribution in [0.4, 0.5) is 0 Å². The zero-order chi connectivity index (χ0) is 34.6. The van der Waals surface area contributed by atoms with Crippen LogP contribution >= 0.6 is 0 Å². The molecular formula is C42H32O8. The molecule has 0 radical (unpaired) electrons. The average molecular weight is 665 g/mol. The van der Waals surface area contributed by atoms with E-state index in [2.05, 4.69) is 0 Å². The summed E-state index contributed by atoms with van der Waals surface area (Å²) in [5.41, 5.74) is 4.85. The van der Waals surface area contributed by atoms with E-state index in [9.17, 15) is 19.2 Å². The van der Waals surface area contributed by atoms with Crippen molar-refractivity contribution < 1.29 is 38.1 Å². The lowest BCUT2D eigenvalue weighted by molar-refractivity contribution is -0.291.